The Balaban J connectivity index is 1.41. The third kappa shape index (κ3) is 3.64. The fraction of sp³-hybridized carbons (Fsp3) is 0.130. The Morgan fingerprint density at radius 2 is 1.68 bits per heavy atom. The average Bonchev–Trinajstić information content (AvgIpc) is 2.73. The SMILES string of the molecule is O=C(NCc1ccc(N2CCc3ccccc3C2=O)cc1)c1ccc(F)cc1. The molecule has 0 fully saturated rings. The van der Waals surface area contributed by atoms with E-state index in [4.69, 9.17) is 0 Å². The third-order valence-corrected chi connectivity index (χ3v) is 4.91. The minimum atomic E-state index is -0.373. The number of nitrogens with one attached hydrogen (secondary N) is 1. The molecule has 3 aromatic carbocycles. The van der Waals surface area contributed by atoms with Gasteiger partial charge in [0.15, 0.2) is 0 Å². The molecule has 5 heteroatoms. The summed E-state index contributed by atoms with van der Waals surface area (Å²) in [5.41, 5.74) is 4.01. The number of carbonyl (C=O) groups is 2. The van der Waals surface area contributed by atoms with Crippen molar-refractivity contribution >= 4 is 17.5 Å². The molecular formula is C23H19FN2O2. The van der Waals surface area contributed by atoms with Crippen LogP contribution in [0.25, 0.3) is 0 Å². The summed E-state index contributed by atoms with van der Waals surface area (Å²) in [5, 5.41) is 2.81. The summed E-state index contributed by atoms with van der Waals surface area (Å²) < 4.78 is 12.9. The number of rotatable bonds is 4. The predicted octanol–water partition coefficient (Wildman–Crippen LogP) is 3.96. The molecule has 140 valence electrons. The molecule has 0 aromatic heterocycles. The maximum absolute atomic E-state index is 12.9. The van der Waals surface area contributed by atoms with Crippen LogP contribution in [0.4, 0.5) is 10.1 Å². The fourth-order valence-corrected chi connectivity index (χ4v) is 3.35. The number of anilines is 1. The number of halogens is 1. The summed E-state index contributed by atoms with van der Waals surface area (Å²) in [6.45, 7) is 1.00. The Hall–Kier alpha value is -3.47. The molecule has 4 rings (SSSR count). The quantitative estimate of drug-likeness (QED) is 0.752. The van der Waals surface area contributed by atoms with Crippen LogP contribution in [0.2, 0.25) is 0 Å². The first kappa shape index (κ1) is 17.9. The summed E-state index contributed by atoms with van der Waals surface area (Å²) in [6.07, 6.45) is 0.831. The van der Waals surface area contributed by atoms with Gasteiger partial charge in [0.2, 0.25) is 0 Å². The summed E-state index contributed by atoms with van der Waals surface area (Å²) >= 11 is 0. The Morgan fingerprint density at radius 1 is 0.964 bits per heavy atom. The van der Waals surface area contributed by atoms with Crippen LogP contribution in [0, 0.1) is 5.82 Å². The Kier molecular flexibility index (Phi) is 4.89. The second-order valence-corrected chi connectivity index (χ2v) is 6.72. The Morgan fingerprint density at radius 3 is 2.43 bits per heavy atom. The highest BCUT2D eigenvalue weighted by Gasteiger charge is 2.24. The van der Waals surface area contributed by atoms with Crippen LogP contribution >= 0.6 is 0 Å². The number of hydrogen-bond acceptors (Lipinski definition) is 2. The van der Waals surface area contributed by atoms with Crippen molar-refractivity contribution in [3.8, 4) is 0 Å². The van der Waals surface area contributed by atoms with Crippen molar-refractivity contribution in [3.63, 3.8) is 0 Å². The molecule has 0 saturated heterocycles. The summed E-state index contributed by atoms with van der Waals surface area (Å²) in [4.78, 5) is 26.6. The molecule has 0 saturated carbocycles. The monoisotopic (exact) mass is 374 g/mol. The predicted molar refractivity (Wildman–Crippen MR) is 106 cm³/mol. The van der Waals surface area contributed by atoms with E-state index in [1.807, 2.05) is 48.5 Å². The van der Waals surface area contributed by atoms with Gasteiger partial charge in [-0.25, -0.2) is 4.39 Å². The largest absolute Gasteiger partial charge is 0.348 e. The fourth-order valence-electron chi connectivity index (χ4n) is 3.35. The summed E-state index contributed by atoms with van der Waals surface area (Å²) in [6, 6.07) is 20.7. The van der Waals surface area contributed by atoms with E-state index in [2.05, 4.69) is 5.32 Å². The average molecular weight is 374 g/mol. The van der Waals surface area contributed by atoms with Gasteiger partial charge in [0.1, 0.15) is 5.82 Å². The number of carbonyl (C=O) groups excluding carboxylic acids is 2. The first-order valence-corrected chi connectivity index (χ1v) is 9.14. The molecule has 1 aliphatic heterocycles. The highest BCUT2D eigenvalue weighted by molar-refractivity contribution is 6.08. The molecule has 28 heavy (non-hydrogen) atoms. The van der Waals surface area contributed by atoms with Gasteiger partial charge in [-0.1, -0.05) is 30.3 Å². The summed E-state index contributed by atoms with van der Waals surface area (Å²) in [7, 11) is 0. The number of nitrogens with zero attached hydrogens (tertiary/aromatic N) is 1. The lowest BCUT2D eigenvalue weighted by Gasteiger charge is -2.28. The van der Waals surface area contributed by atoms with Crippen LogP contribution in [-0.4, -0.2) is 18.4 Å². The zero-order valence-electron chi connectivity index (χ0n) is 15.2. The smallest absolute Gasteiger partial charge is 0.258 e. The van der Waals surface area contributed by atoms with Crippen LogP contribution in [0.15, 0.2) is 72.8 Å². The van der Waals surface area contributed by atoms with Gasteiger partial charge in [0.25, 0.3) is 11.8 Å². The standard InChI is InChI=1S/C23H19FN2O2/c24-19-9-7-18(8-10-19)22(27)25-15-16-5-11-20(12-6-16)26-14-13-17-3-1-2-4-21(17)23(26)28/h1-12H,13-15H2,(H,25,27). The van der Waals surface area contributed by atoms with Gasteiger partial charge < -0.3 is 10.2 Å². The topological polar surface area (TPSA) is 49.4 Å². The molecule has 1 heterocycles. The van der Waals surface area contributed by atoms with Gasteiger partial charge in [-0.2, -0.15) is 0 Å². The van der Waals surface area contributed by atoms with E-state index in [1.165, 1.54) is 24.3 Å². The number of benzene rings is 3. The summed E-state index contributed by atoms with van der Waals surface area (Å²) in [5.74, 6) is -0.617. The number of fused-ring (bicyclic) bond motifs is 1. The minimum Gasteiger partial charge on any atom is -0.348 e. The highest BCUT2D eigenvalue weighted by atomic mass is 19.1. The van der Waals surface area contributed by atoms with Gasteiger partial charge in [0, 0.05) is 29.9 Å². The molecule has 1 N–H and O–H groups in total. The van der Waals surface area contributed by atoms with Gasteiger partial charge in [-0.3, -0.25) is 9.59 Å². The van der Waals surface area contributed by atoms with Crippen molar-refractivity contribution < 1.29 is 14.0 Å². The van der Waals surface area contributed by atoms with Gasteiger partial charge >= 0.3 is 0 Å². The van der Waals surface area contributed by atoms with E-state index >= 15 is 0 Å². The van der Waals surface area contributed by atoms with E-state index < -0.39 is 0 Å². The molecule has 0 radical (unpaired) electrons. The Labute approximate surface area is 162 Å². The van der Waals surface area contributed by atoms with E-state index in [0.717, 1.165) is 28.8 Å². The van der Waals surface area contributed by atoms with Gasteiger partial charge in [-0.05, 0) is 60.0 Å². The first-order valence-electron chi connectivity index (χ1n) is 9.14. The molecule has 3 aromatic rings. The van der Waals surface area contributed by atoms with Crippen molar-refractivity contribution in [2.45, 2.75) is 13.0 Å². The van der Waals surface area contributed by atoms with Crippen molar-refractivity contribution in [2.75, 3.05) is 11.4 Å². The molecular weight excluding hydrogens is 355 g/mol. The van der Waals surface area contributed by atoms with Crippen molar-refractivity contribution in [3.05, 3.63) is 101 Å². The second kappa shape index (κ2) is 7.64. The van der Waals surface area contributed by atoms with E-state index in [-0.39, 0.29) is 17.6 Å². The van der Waals surface area contributed by atoms with Crippen LogP contribution in [0.3, 0.4) is 0 Å². The minimum absolute atomic E-state index is 0.0132. The lowest BCUT2D eigenvalue weighted by Crippen LogP contribution is -2.37. The maximum Gasteiger partial charge on any atom is 0.258 e. The molecule has 0 unspecified atom stereocenters. The van der Waals surface area contributed by atoms with E-state index in [0.29, 0.717) is 18.7 Å². The van der Waals surface area contributed by atoms with Gasteiger partial charge in [0.05, 0.1) is 0 Å². The number of amides is 2. The van der Waals surface area contributed by atoms with E-state index in [1.54, 1.807) is 4.90 Å². The van der Waals surface area contributed by atoms with Crippen molar-refractivity contribution in [1.29, 1.82) is 0 Å². The molecule has 1 aliphatic rings. The lowest BCUT2D eigenvalue weighted by molar-refractivity contribution is 0.0949. The maximum atomic E-state index is 12.9. The molecule has 0 spiro atoms. The third-order valence-electron chi connectivity index (χ3n) is 4.91. The molecule has 2 amide bonds. The van der Waals surface area contributed by atoms with Gasteiger partial charge in [-0.15, -0.1) is 0 Å². The molecule has 0 aliphatic carbocycles. The Bertz CT molecular complexity index is 1010. The van der Waals surface area contributed by atoms with Crippen LogP contribution in [0.1, 0.15) is 31.8 Å². The van der Waals surface area contributed by atoms with Crippen molar-refractivity contribution in [1.82, 2.24) is 5.32 Å². The second-order valence-electron chi connectivity index (χ2n) is 6.72. The van der Waals surface area contributed by atoms with Crippen LogP contribution in [-0.2, 0) is 13.0 Å². The lowest BCUT2D eigenvalue weighted by atomic mass is 9.98. The molecule has 0 bridgehead atoms. The zero-order chi connectivity index (χ0) is 19.5. The van der Waals surface area contributed by atoms with E-state index in [9.17, 15) is 14.0 Å². The normalized spacial score (nSPS) is 13.2. The van der Waals surface area contributed by atoms with Crippen molar-refractivity contribution in [2.24, 2.45) is 0 Å². The molecule has 0 atom stereocenters. The number of hydrogen-bond donors (Lipinski definition) is 1. The van der Waals surface area contributed by atoms with Crippen LogP contribution < -0.4 is 10.2 Å². The molecule has 4 nitrogen and oxygen atoms in total. The highest BCUT2D eigenvalue weighted by Crippen LogP contribution is 2.24. The first-order chi connectivity index (χ1) is 13.6. The van der Waals surface area contributed by atoms with Crippen LogP contribution in [0.5, 0.6) is 0 Å². The zero-order valence-corrected chi connectivity index (χ0v) is 15.2.